The summed E-state index contributed by atoms with van der Waals surface area (Å²) in [6.45, 7) is 2.37. The summed E-state index contributed by atoms with van der Waals surface area (Å²) in [4.78, 5) is 0. The zero-order chi connectivity index (χ0) is 76.6. The van der Waals surface area contributed by atoms with Crippen molar-refractivity contribution >= 4 is 194 Å². The van der Waals surface area contributed by atoms with E-state index in [1.165, 1.54) is 44.5 Å². The summed E-state index contributed by atoms with van der Waals surface area (Å²) in [5, 5.41) is 59.8. The minimum atomic E-state index is -0.741. The zero-order valence-electron chi connectivity index (χ0n) is 66.2. The molecular formula is C123H48Ru2. The van der Waals surface area contributed by atoms with E-state index in [4.69, 9.17) is 0 Å². The Morgan fingerprint density at radius 3 is 1.00 bits per heavy atom. The summed E-state index contributed by atoms with van der Waals surface area (Å²) in [5.41, 5.74) is 48.1. The molecule has 2 radical (unpaired) electrons. The van der Waals surface area contributed by atoms with E-state index in [1.54, 1.807) is 338 Å². The Kier molecular flexibility index (Phi) is 7.69. The first-order chi connectivity index (χ1) is 61.2. The Labute approximate surface area is 732 Å². The van der Waals surface area contributed by atoms with Crippen molar-refractivity contribution in [1.29, 1.82) is 0 Å². The summed E-state index contributed by atoms with van der Waals surface area (Å²) < 4.78 is 0. The molecule has 0 fully saturated rings. The SMILES string of the molecule is Cc1ccc(C23c4c5c6c7c8c4c4c2c2c9c%10c4c4c%11c%12c%13c(c84)[C@]7(c4ccccc4)c4c7c8c%14c4c=%13c4c%13c%15c%16c%17c%18c%19c%20c(c9c9c%21c2c2c%22c%23c(c-5c(c5c%23c%23c(c(c%14%13)c%13c%15c%18c%14c%13c%23c%22c%21c%14c%199)C58c5ccccc5)[C@]67c5ccccc5)[C@@H]23)C%10(c2ccccc2)C%11=C(C=%12[C@@]4%16c2ccccc2)[C@]%20%17c2ccccc2)cc1.[Ru+].[Ru+].c1cc[cH-]c1.c1cc[cH-]c1. The molecule has 0 aliphatic heterocycles. The van der Waals surface area contributed by atoms with Gasteiger partial charge in [0.25, 0.3) is 0 Å². The topological polar surface area (TPSA) is 0 Å². The molecule has 0 heterocycles. The maximum atomic E-state index is 2.73. The van der Waals surface area contributed by atoms with Crippen molar-refractivity contribution in [2.24, 2.45) is 0 Å². The molecule has 0 saturated heterocycles. The zero-order valence-corrected chi connectivity index (χ0v) is 69.7. The van der Waals surface area contributed by atoms with Crippen LogP contribution in [0.1, 0.15) is 162 Å². The number of benzene rings is 22. The predicted octanol–water partition coefficient (Wildman–Crippen LogP) is 26.8. The molecule has 27 aromatic rings. The van der Waals surface area contributed by atoms with Crippen LogP contribution in [0.25, 0.3) is 205 Å². The molecule has 0 saturated carbocycles. The van der Waals surface area contributed by atoms with Crippen molar-refractivity contribution in [3.05, 3.63) is 444 Å². The van der Waals surface area contributed by atoms with Crippen LogP contribution in [0.2, 0.25) is 0 Å². The Hall–Kier alpha value is -13.6. The third-order valence-corrected chi connectivity index (χ3v) is 39.0. The molecular weight excluding hydrogens is 1680 g/mol. The van der Waals surface area contributed by atoms with E-state index >= 15 is 0 Å². The molecule has 8 atom stereocenters. The van der Waals surface area contributed by atoms with Crippen LogP contribution < -0.4 is 5.22 Å². The number of hydrogen-bond acceptors (Lipinski definition) is 0. The second kappa shape index (κ2) is 16.2. The number of rotatable bonds is 7. The first-order valence-electron chi connectivity index (χ1n) is 45.2. The van der Waals surface area contributed by atoms with E-state index in [1.807, 2.05) is 60.7 Å². The van der Waals surface area contributed by atoms with Crippen LogP contribution in [0.4, 0.5) is 0 Å². The van der Waals surface area contributed by atoms with Crippen LogP contribution in [0.3, 0.4) is 0 Å². The molecule has 556 valence electrons. The average molecular weight is 1730 g/mol. The molecule has 19 aliphatic rings. The van der Waals surface area contributed by atoms with Crippen molar-refractivity contribution < 1.29 is 39.0 Å². The summed E-state index contributed by atoms with van der Waals surface area (Å²) >= 11 is 0. The first kappa shape index (κ1) is 59.3. The number of allylic oxidation sites excluding steroid dienone is 2. The van der Waals surface area contributed by atoms with Gasteiger partial charge in [0.1, 0.15) is 0 Å². The van der Waals surface area contributed by atoms with Crippen LogP contribution in [0, 0.1) is 17.4 Å². The Morgan fingerprint density at radius 1 is 0.184 bits per heavy atom. The van der Waals surface area contributed by atoms with Crippen molar-refractivity contribution in [3.8, 4) is 11.1 Å². The molecule has 3 unspecified atom stereocenters. The van der Waals surface area contributed by atoms with Gasteiger partial charge < -0.3 is 0 Å². The Balaban J connectivity index is 0.000000511. The van der Waals surface area contributed by atoms with Crippen LogP contribution in [0.15, 0.2) is 272 Å². The van der Waals surface area contributed by atoms with Gasteiger partial charge in [-0.05, 0) is 384 Å². The minimum Gasteiger partial charge on any atom is -0.214 e. The van der Waals surface area contributed by atoms with Crippen molar-refractivity contribution in [2.75, 3.05) is 0 Å². The Morgan fingerprint density at radius 2 is 0.488 bits per heavy atom. The maximum absolute atomic E-state index is 2.73. The van der Waals surface area contributed by atoms with E-state index in [2.05, 4.69) is 213 Å². The third-order valence-electron chi connectivity index (χ3n) is 39.0. The van der Waals surface area contributed by atoms with Gasteiger partial charge in [0.15, 0.2) is 0 Å². The monoisotopic (exact) mass is 1730 g/mol. The molecule has 0 amide bonds. The maximum Gasteiger partial charge on any atom is 1.00 e. The van der Waals surface area contributed by atoms with Gasteiger partial charge in [-0.15, -0.1) is 0 Å². The summed E-state index contributed by atoms with van der Waals surface area (Å²) in [7, 11) is 0. The van der Waals surface area contributed by atoms with E-state index in [9.17, 15) is 0 Å². The van der Waals surface area contributed by atoms with Gasteiger partial charge >= 0.3 is 39.0 Å². The first-order valence-corrected chi connectivity index (χ1v) is 45.2. The molecule has 27 aromatic carbocycles. The fourth-order valence-electron chi connectivity index (χ4n) is 37.8. The third kappa shape index (κ3) is 4.16. The predicted molar refractivity (Wildman–Crippen MR) is 497 cm³/mol. The minimum absolute atomic E-state index is 0. The van der Waals surface area contributed by atoms with Crippen molar-refractivity contribution in [1.82, 2.24) is 0 Å². The molecule has 46 rings (SSSR count). The molecule has 0 N–H and O–H groups in total. The summed E-state index contributed by atoms with van der Waals surface area (Å²) in [6.07, 6.45) is 0. The van der Waals surface area contributed by atoms with Gasteiger partial charge in [-0.1, -0.05) is 212 Å². The average Bonchev–Trinajstić information content (AvgIpc) is 1.37. The van der Waals surface area contributed by atoms with Gasteiger partial charge in [0, 0.05) is 5.92 Å². The second-order valence-electron chi connectivity index (χ2n) is 41.1. The second-order valence-corrected chi connectivity index (χ2v) is 41.1. The number of hydrogen-bond donors (Lipinski definition) is 0. The number of aryl methyl sites for hydroxylation is 1. The molecule has 2 heteroatoms. The van der Waals surface area contributed by atoms with Gasteiger partial charge in [0.05, 0.1) is 37.9 Å². The van der Waals surface area contributed by atoms with Crippen molar-refractivity contribution in [3.63, 3.8) is 0 Å². The normalized spacial score (nSPS) is 25.0. The molecule has 0 nitrogen and oxygen atoms in total. The molecule has 19 aliphatic carbocycles. The van der Waals surface area contributed by atoms with E-state index < -0.39 is 37.9 Å². The smallest absolute Gasteiger partial charge is 0.214 e. The van der Waals surface area contributed by atoms with E-state index in [0.29, 0.717) is 0 Å². The Bertz CT molecular complexity index is 10900. The summed E-state index contributed by atoms with van der Waals surface area (Å²) in [5.74, 6) is 0.00751. The van der Waals surface area contributed by atoms with Gasteiger partial charge in [-0.25, -0.2) is 24.3 Å². The van der Waals surface area contributed by atoms with E-state index in [-0.39, 0.29) is 44.9 Å². The van der Waals surface area contributed by atoms with Crippen LogP contribution in [-0.4, -0.2) is 0 Å². The fourth-order valence-corrected chi connectivity index (χ4v) is 37.8. The standard InChI is InChI=1S/C113H38.2C5H5.2Ru/c1-36-32-34-43(35-33-36)107-86-61-55-47-44-45-46-48-50(47)63-73-58(55)65(86)84-85-92(107)80-77-67-60-68-81(80)98-104(85)113(42-30-18-7-19-31-42)99(84)95(73)108(37-20-8-2-9-21-37)87(63)62-51(48)56-53(46)71-70-52(45)54-49(44)57(61)64(88(77)107)76-72(54)94-97(70)112(41-28-16-6-17-29-41)96(71)93-69(56)66-59(62)74-82-78-79(91(68)111(98,40-26-14-5-15-27-40)103(82)106(113)100(74)108)83-75(60)101(109(94,90(67)76)38-22-10-3-11-23-38)105(112)102(83)110(93,89(66)78)39-24-12-4-13-25-39;2*1-2-4-5-3-1;;/h2-35,86H,1H3;2*1-5H;;/q;2*-1;2*+1/t86-,107?,108?,109?,110+,111+,112+,113-;;;;/m1..../s1. The van der Waals surface area contributed by atoms with Crippen LogP contribution in [-0.2, 0) is 76.9 Å². The fraction of sp³-hybridized carbons (Fsp3) is 0.0732. The molecule has 0 bridgehead atoms. The largest absolute Gasteiger partial charge is 1.00 e. The quantitative estimate of drug-likeness (QED) is 0.0646. The summed E-state index contributed by atoms with van der Waals surface area (Å²) in [6, 6.07) is 107. The van der Waals surface area contributed by atoms with E-state index in [0.717, 1.165) is 0 Å². The van der Waals surface area contributed by atoms with Crippen LogP contribution >= 0.6 is 0 Å². The van der Waals surface area contributed by atoms with Crippen LogP contribution in [0.5, 0.6) is 0 Å². The van der Waals surface area contributed by atoms with Gasteiger partial charge in [-0.2, -0.15) is 36.4 Å². The molecule has 0 aromatic heterocycles. The van der Waals surface area contributed by atoms with Crippen molar-refractivity contribution in [2.45, 2.75) is 50.7 Å². The molecule has 125 heavy (non-hydrogen) atoms. The molecule has 0 spiro atoms. The van der Waals surface area contributed by atoms with Gasteiger partial charge in [0.2, 0.25) is 0 Å². The van der Waals surface area contributed by atoms with Gasteiger partial charge in [-0.3, -0.25) is 0 Å².